The second-order valence-corrected chi connectivity index (χ2v) is 5.64. The van der Waals surface area contributed by atoms with Crippen LogP contribution in [-0.4, -0.2) is 17.9 Å². The van der Waals surface area contributed by atoms with Crippen LogP contribution in [0, 0.1) is 0 Å². The fraction of sp³-hybridized carbons (Fsp3) is 0.0500. The summed E-state index contributed by atoms with van der Waals surface area (Å²) in [7, 11) is 0. The smallest absolute Gasteiger partial charge is 0.221 e. The molecular formula is C20H17N3O2. The van der Waals surface area contributed by atoms with Gasteiger partial charge in [0.15, 0.2) is 0 Å². The van der Waals surface area contributed by atoms with Crippen molar-refractivity contribution >= 4 is 34.4 Å². The third kappa shape index (κ3) is 4.29. The molecular weight excluding hydrogens is 314 g/mol. The molecule has 0 aromatic heterocycles. The highest BCUT2D eigenvalue weighted by Gasteiger charge is 2.04. The van der Waals surface area contributed by atoms with Crippen molar-refractivity contribution in [3.63, 3.8) is 0 Å². The van der Waals surface area contributed by atoms with E-state index < -0.39 is 0 Å². The van der Waals surface area contributed by atoms with Crippen LogP contribution in [0.2, 0.25) is 0 Å². The van der Waals surface area contributed by atoms with E-state index in [9.17, 15) is 9.59 Å². The van der Waals surface area contributed by atoms with Crippen molar-refractivity contribution in [1.29, 1.82) is 0 Å². The lowest BCUT2D eigenvalue weighted by molar-refractivity contribution is -0.117. The van der Waals surface area contributed by atoms with E-state index in [1.54, 1.807) is 30.3 Å². The van der Waals surface area contributed by atoms with Crippen molar-refractivity contribution in [3.05, 3.63) is 77.9 Å². The molecule has 0 aliphatic rings. The average Bonchev–Trinajstić information content (AvgIpc) is 2.62. The highest BCUT2D eigenvalue weighted by Crippen LogP contribution is 2.15. The van der Waals surface area contributed by atoms with Crippen molar-refractivity contribution in [2.45, 2.75) is 6.42 Å². The molecule has 0 spiro atoms. The van der Waals surface area contributed by atoms with Gasteiger partial charge in [-0.25, -0.2) is 0 Å². The first-order chi connectivity index (χ1) is 12.1. The molecule has 5 nitrogen and oxygen atoms in total. The molecule has 0 fully saturated rings. The zero-order valence-electron chi connectivity index (χ0n) is 13.5. The van der Waals surface area contributed by atoms with Crippen LogP contribution in [0.1, 0.15) is 15.9 Å². The van der Waals surface area contributed by atoms with Crippen LogP contribution in [0.3, 0.4) is 0 Å². The number of hydrazone groups is 1. The zero-order chi connectivity index (χ0) is 17.6. The molecule has 0 atom stereocenters. The van der Waals surface area contributed by atoms with Gasteiger partial charge in [0.2, 0.25) is 11.7 Å². The minimum atomic E-state index is -0.375. The summed E-state index contributed by atoms with van der Waals surface area (Å²) < 4.78 is 0. The number of hydrogen-bond acceptors (Lipinski definition) is 4. The molecule has 0 saturated carbocycles. The fourth-order valence-corrected chi connectivity index (χ4v) is 2.48. The first-order valence-electron chi connectivity index (χ1n) is 7.81. The Morgan fingerprint density at radius 3 is 2.40 bits per heavy atom. The summed E-state index contributed by atoms with van der Waals surface area (Å²) >= 11 is 0. The Hall–Kier alpha value is -3.47. The molecule has 3 aromatic rings. The molecule has 3 N–H and O–H groups in total. The topological polar surface area (TPSA) is 84.6 Å². The molecule has 124 valence electrons. The van der Waals surface area contributed by atoms with Crippen molar-refractivity contribution in [2.24, 2.45) is 10.8 Å². The van der Waals surface area contributed by atoms with Crippen LogP contribution >= 0.6 is 0 Å². The molecule has 3 aromatic carbocycles. The first-order valence-corrected chi connectivity index (χ1v) is 7.81. The number of nitrogens with two attached hydrogens (primary N) is 1. The zero-order valence-corrected chi connectivity index (χ0v) is 13.5. The Morgan fingerprint density at radius 2 is 1.68 bits per heavy atom. The number of amides is 1. The minimum Gasteiger partial charge on any atom is -0.369 e. The van der Waals surface area contributed by atoms with Gasteiger partial charge in [-0.2, -0.15) is 5.10 Å². The van der Waals surface area contributed by atoms with Crippen LogP contribution in [-0.2, 0) is 11.2 Å². The van der Waals surface area contributed by atoms with Gasteiger partial charge in [0.1, 0.15) is 0 Å². The highest BCUT2D eigenvalue weighted by molar-refractivity contribution is 6.35. The monoisotopic (exact) mass is 331 g/mol. The number of nitrogens with zero attached hydrogens (tertiary/aromatic N) is 1. The summed E-state index contributed by atoms with van der Waals surface area (Å²) in [6.45, 7) is 0. The molecule has 0 saturated heterocycles. The Kier molecular flexibility index (Phi) is 4.85. The van der Waals surface area contributed by atoms with E-state index in [-0.39, 0.29) is 18.1 Å². The fourth-order valence-electron chi connectivity index (χ4n) is 2.48. The van der Waals surface area contributed by atoms with E-state index in [1.165, 1.54) is 6.21 Å². The van der Waals surface area contributed by atoms with Gasteiger partial charge in [-0.1, -0.05) is 48.5 Å². The maximum absolute atomic E-state index is 12.2. The van der Waals surface area contributed by atoms with E-state index in [4.69, 9.17) is 5.73 Å². The highest BCUT2D eigenvalue weighted by atomic mass is 16.1. The standard InChI is InChI=1S/C20H17N3O2/c21-20(25)11-14-5-9-18(10-6-14)23-22-13-19(24)17-8-7-15-3-1-2-4-16(15)12-17/h1-10,12-13,23H,11H2,(H2,21,25)/b22-13+. The molecule has 0 radical (unpaired) electrons. The van der Waals surface area contributed by atoms with Gasteiger partial charge in [0, 0.05) is 5.56 Å². The van der Waals surface area contributed by atoms with E-state index in [2.05, 4.69) is 10.5 Å². The molecule has 3 rings (SSSR count). The van der Waals surface area contributed by atoms with Crippen molar-refractivity contribution < 1.29 is 9.59 Å². The lowest BCUT2D eigenvalue weighted by atomic mass is 10.1. The Bertz CT molecular complexity index is 947. The van der Waals surface area contributed by atoms with Crippen LogP contribution in [0.15, 0.2) is 71.8 Å². The van der Waals surface area contributed by atoms with Gasteiger partial charge in [0.25, 0.3) is 0 Å². The number of rotatable bonds is 6. The number of primary amides is 1. The van der Waals surface area contributed by atoms with E-state index in [0.29, 0.717) is 5.56 Å². The van der Waals surface area contributed by atoms with Gasteiger partial charge in [-0.15, -0.1) is 0 Å². The summed E-state index contributed by atoms with van der Waals surface area (Å²) in [5, 5.41) is 6.07. The van der Waals surface area contributed by atoms with Gasteiger partial charge >= 0.3 is 0 Å². The molecule has 5 heteroatoms. The third-order valence-electron chi connectivity index (χ3n) is 3.74. The molecule has 0 aliphatic carbocycles. The summed E-state index contributed by atoms with van der Waals surface area (Å²) in [4.78, 5) is 23.1. The molecule has 0 heterocycles. The lowest BCUT2D eigenvalue weighted by Gasteiger charge is -2.02. The summed E-state index contributed by atoms with van der Waals surface area (Å²) in [5.74, 6) is -0.552. The summed E-state index contributed by atoms with van der Waals surface area (Å²) in [6, 6.07) is 20.5. The summed E-state index contributed by atoms with van der Waals surface area (Å²) in [5.41, 5.74) is 10.1. The van der Waals surface area contributed by atoms with Crippen LogP contribution in [0.25, 0.3) is 10.8 Å². The van der Waals surface area contributed by atoms with Gasteiger partial charge in [0.05, 0.1) is 18.3 Å². The van der Waals surface area contributed by atoms with Crippen molar-refractivity contribution in [3.8, 4) is 0 Å². The molecule has 25 heavy (non-hydrogen) atoms. The van der Waals surface area contributed by atoms with Crippen LogP contribution < -0.4 is 11.2 Å². The van der Waals surface area contributed by atoms with Crippen molar-refractivity contribution in [1.82, 2.24) is 0 Å². The maximum Gasteiger partial charge on any atom is 0.221 e. The largest absolute Gasteiger partial charge is 0.369 e. The average molecular weight is 331 g/mol. The lowest BCUT2D eigenvalue weighted by Crippen LogP contribution is -2.13. The van der Waals surface area contributed by atoms with Gasteiger partial charge in [-0.3, -0.25) is 15.0 Å². The number of hydrogen-bond donors (Lipinski definition) is 2. The maximum atomic E-state index is 12.2. The van der Waals surface area contributed by atoms with E-state index in [1.807, 2.05) is 36.4 Å². The Labute approximate surface area is 145 Å². The number of anilines is 1. The Morgan fingerprint density at radius 1 is 0.960 bits per heavy atom. The second kappa shape index (κ2) is 7.40. The molecule has 1 amide bonds. The van der Waals surface area contributed by atoms with Crippen LogP contribution in [0.5, 0.6) is 0 Å². The number of carbonyl (C=O) groups is 2. The SMILES string of the molecule is NC(=O)Cc1ccc(N/N=C/C(=O)c2ccc3ccccc3c2)cc1. The Balaban J connectivity index is 1.64. The van der Waals surface area contributed by atoms with Crippen molar-refractivity contribution in [2.75, 3.05) is 5.43 Å². The number of benzene rings is 3. The number of Topliss-reactive ketones (excluding diaryl/α,β-unsaturated/α-hetero) is 1. The minimum absolute atomic E-state index is 0.177. The van der Waals surface area contributed by atoms with E-state index >= 15 is 0 Å². The number of fused-ring (bicyclic) bond motifs is 1. The van der Waals surface area contributed by atoms with Gasteiger partial charge < -0.3 is 5.73 Å². The predicted molar refractivity (Wildman–Crippen MR) is 99.7 cm³/mol. The third-order valence-corrected chi connectivity index (χ3v) is 3.74. The molecule has 0 aliphatic heterocycles. The molecule has 0 bridgehead atoms. The number of ketones is 1. The van der Waals surface area contributed by atoms with Crippen LogP contribution in [0.4, 0.5) is 5.69 Å². The quantitative estimate of drug-likeness (QED) is 0.413. The molecule has 0 unspecified atom stereocenters. The summed E-state index contributed by atoms with van der Waals surface area (Å²) in [6.07, 6.45) is 1.45. The first kappa shape index (κ1) is 16.4. The number of nitrogens with one attached hydrogen (secondary N) is 1. The second-order valence-electron chi connectivity index (χ2n) is 5.64. The van der Waals surface area contributed by atoms with Gasteiger partial charge in [-0.05, 0) is 34.5 Å². The predicted octanol–water partition coefficient (Wildman–Crippen LogP) is 3.15. The normalized spacial score (nSPS) is 10.9. The van der Waals surface area contributed by atoms with E-state index in [0.717, 1.165) is 22.0 Å². The number of carbonyl (C=O) groups excluding carboxylic acids is 2.